The minimum Gasteiger partial charge on any atom is -0.457 e. The Morgan fingerprint density at radius 2 is 1.81 bits per heavy atom. The van der Waals surface area contributed by atoms with Crippen LogP contribution in [0, 0.1) is 9.39 Å². The Labute approximate surface area is 135 Å². The van der Waals surface area contributed by atoms with Gasteiger partial charge in [0, 0.05) is 9.13 Å². The second-order valence-electron chi connectivity index (χ2n) is 4.45. The molecule has 2 rings (SSSR count). The summed E-state index contributed by atoms with van der Waals surface area (Å²) in [7, 11) is 0. The molecule has 0 atom stereocenters. The molecule has 0 radical (unpaired) electrons. The van der Waals surface area contributed by atoms with Crippen molar-refractivity contribution < 1.29 is 18.7 Å². The van der Waals surface area contributed by atoms with Gasteiger partial charge in [0.15, 0.2) is 5.78 Å². The van der Waals surface area contributed by atoms with E-state index in [2.05, 4.69) is 0 Å². The molecule has 108 valence electrons. The highest BCUT2D eigenvalue weighted by Crippen LogP contribution is 2.15. The van der Waals surface area contributed by atoms with Crippen LogP contribution in [-0.4, -0.2) is 11.8 Å². The Morgan fingerprint density at radius 3 is 2.43 bits per heavy atom. The summed E-state index contributed by atoms with van der Waals surface area (Å²) in [4.78, 5) is 23.0. The number of rotatable bonds is 4. The average Bonchev–Trinajstić information content (AvgIpc) is 2.47. The number of Topliss-reactive ketones (excluding diaryl/α,β-unsaturated/α-hetero) is 1. The van der Waals surface area contributed by atoms with Crippen molar-refractivity contribution in [1.29, 1.82) is 0 Å². The van der Waals surface area contributed by atoms with Crippen LogP contribution in [0.25, 0.3) is 0 Å². The van der Waals surface area contributed by atoms with Crippen LogP contribution < -0.4 is 0 Å². The fourth-order valence-electron chi connectivity index (χ4n) is 1.72. The van der Waals surface area contributed by atoms with Gasteiger partial charge in [-0.05, 0) is 53.3 Å². The van der Waals surface area contributed by atoms with E-state index in [1.54, 1.807) is 30.3 Å². The highest BCUT2D eigenvalue weighted by atomic mass is 127. The van der Waals surface area contributed by atoms with Crippen molar-refractivity contribution in [3.05, 3.63) is 68.5 Å². The summed E-state index contributed by atoms with van der Waals surface area (Å²) >= 11 is 2.00. The number of esters is 1. The lowest BCUT2D eigenvalue weighted by Crippen LogP contribution is -2.08. The van der Waals surface area contributed by atoms with Crippen molar-refractivity contribution >= 4 is 34.3 Å². The zero-order valence-corrected chi connectivity index (χ0v) is 13.4. The number of carbonyl (C=O) groups excluding carboxylic acids is 2. The summed E-state index contributed by atoms with van der Waals surface area (Å²) in [6, 6.07) is 11.0. The molecule has 5 heteroatoms. The van der Waals surface area contributed by atoms with Crippen molar-refractivity contribution in [3.8, 4) is 0 Å². The molecule has 0 heterocycles. The van der Waals surface area contributed by atoms with Crippen LogP contribution in [0.2, 0.25) is 0 Å². The van der Waals surface area contributed by atoms with Crippen LogP contribution in [-0.2, 0) is 11.3 Å². The monoisotopic (exact) mass is 398 g/mol. The van der Waals surface area contributed by atoms with E-state index in [1.165, 1.54) is 19.1 Å². The van der Waals surface area contributed by atoms with E-state index in [9.17, 15) is 14.0 Å². The maximum atomic E-state index is 13.5. The van der Waals surface area contributed by atoms with Gasteiger partial charge in [0.2, 0.25) is 0 Å². The molecular weight excluding hydrogens is 386 g/mol. The van der Waals surface area contributed by atoms with Crippen LogP contribution in [0.5, 0.6) is 0 Å². The van der Waals surface area contributed by atoms with Crippen LogP contribution in [0.3, 0.4) is 0 Å². The normalized spacial score (nSPS) is 10.2. The Kier molecular flexibility index (Phi) is 5.06. The summed E-state index contributed by atoms with van der Waals surface area (Å²) in [6.07, 6.45) is 0. The van der Waals surface area contributed by atoms with E-state index >= 15 is 0 Å². The molecule has 2 aromatic rings. The lowest BCUT2D eigenvalue weighted by molar-refractivity contribution is 0.0467. The lowest BCUT2D eigenvalue weighted by atomic mass is 10.1. The van der Waals surface area contributed by atoms with Gasteiger partial charge in [0.05, 0.1) is 5.56 Å². The average molecular weight is 398 g/mol. The van der Waals surface area contributed by atoms with E-state index < -0.39 is 11.8 Å². The lowest BCUT2D eigenvalue weighted by Gasteiger charge is -2.06. The summed E-state index contributed by atoms with van der Waals surface area (Å²) < 4.78 is 19.4. The highest BCUT2D eigenvalue weighted by molar-refractivity contribution is 14.1. The third-order valence-electron chi connectivity index (χ3n) is 2.88. The van der Waals surface area contributed by atoms with Gasteiger partial charge in [-0.2, -0.15) is 0 Å². The predicted molar refractivity (Wildman–Crippen MR) is 84.7 cm³/mol. The molecule has 3 nitrogen and oxygen atoms in total. The first kappa shape index (κ1) is 15.6. The first-order valence-electron chi connectivity index (χ1n) is 6.19. The van der Waals surface area contributed by atoms with Crippen molar-refractivity contribution in [3.63, 3.8) is 0 Å². The first-order chi connectivity index (χ1) is 9.97. The minimum absolute atomic E-state index is 0.0283. The van der Waals surface area contributed by atoms with Gasteiger partial charge in [-0.3, -0.25) is 4.79 Å². The standard InChI is InChI=1S/C16H12FIO3/c1-10(19)12-4-2-11(3-5-12)9-21-16(20)14-8-13(18)6-7-15(14)17/h2-8H,9H2,1H3. The fraction of sp³-hybridized carbons (Fsp3) is 0.125. The molecule has 0 amide bonds. The Morgan fingerprint density at radius 1 is 1.14 bits per heavy atom. The molecule has 0 unspecified atom stereocenters. The molecule has 0 fully saturated rings. The van der Waals surface area contributed by atoms with Crippen molar-refractivity contribution in [2.75, 3.05) is 0 Å². The summed E-state index contributed by atoms with van der Waals surface area (Å²) in [5.74, 6) is -1.34. The molecule has 0 aliphatic rings. The number of ether oxygens (including phenoxy) is 1. The summed E-state index contributed by atoms with van der Waals surface area (Å²) in [5, 5.41) is 0. The number of carbonyl (C=O) groups is 2. The van der Waals surface area contributed by atoms with Gasteiger partial charge in [0.1, 0.15) is 12.4 Å². The van der Waals surface area contributed by atoms with Gasteiger partial charge in [-0.15, -0.1) is 0 Å². The third-order valence-corrected chi connectivity index (χ3v) is 3.55. The number of hydrogen-bond acceptors (Lipinski definition) is 3. The third kappa shape index (κ3) is 4.10. The summed E-state index contributed by atoms with van der Waals surface area (Å²) in [6.45, 7) is 1.51. The fourth-order valence-corrected chi connectivity index (χ4v) is 2.21. The van der Waals surface area contributed by atoms with Gasteiger partial charge in [-0.25, -0.2) is 9.18 Å². The predicted octanol–water partition coefficient (Wildman–Crippen LogP) is 3.99. The molecule has 0 saturated heterocycles. The Bertz CT molecular complexity index is 680. The van der Waals surface area contributed by atoms with E-state index in [-0.39, 0.29) is 18.0 Å². The molecule has 0 aliphatic heterocycles. The van der Waals surface area contributed by atoms with E-state index in [1.807, 2.05) is 22.6 Å². The van der Waals surface area contributed by atoms with Gasteiger partial charge in [0.25, 0.3) is 0 Å². The van der Waals surface area contributed by atoms with Gasteiger partial charge in [-0.1, -0.05) is 24.3 Å². The molecule has 21 heavy (non-hydrogen) atoms. The molecule has 0 N–H and O–H groups in total. The molecular formula is C16H12FIO3. The Balaban J connectivity index is 2.04. The zero-order chi connectivity index (χ0) is 15.4. The van der Waals surface area contributed by atoms with Crippen LogP contribution >= 0.6 is 22.6 Å². The van der Waals surface area contributed by atoms with E-state index in [0.29, 0.717) is 5.56 Å². The van der Waals surface area contributed by atoms with Crippen LogP contribution in [0.4, 0.5) is 4.39 Å². The van der Waals surface area contributed by atoms with E-state index in [0.717, 1.165) is 9.13 Å². The van der Waals surface area contributed by atoms with E-state index in [4.69, 9.17) is 4.74 Å². The number of ketones is 1. The smallest absolute Gasteiger partial charge is 0.341 e. The number of benzene rings is 2. The highest BCUT2D eigenvalue weighted by Gasteiger charge is 2.13. The van der Waals surface area contributed by atoms with Crippen molar-refractivity contribution in [2.45, 2.75) is 13.5 Å². The quantitative estimate of drug-likeness (QED) is 0.445. The van der Waals surface area contributed by atoms with Crippen LogP contribution in [0.1, 0.15) is 33.2 Å². The second kappa shape index (κ2) is 6.80. The Hall–Kier alpha value is -1.76. The molecule has 0 aliphatic carbocycles. The van der Waals surface area contributed by atoms with Gasteiger partial charge >= 0.3 is 5.97 Å². The minimum atomic E-state index is -0.707. The molecule has 0 spiro atoms. The van der Waals surface area contributed by atoms with Gasteiger partial charge < -0.3 is 4.74 Å². The second-order valence-corrected chi connectivity index (χ2v) is 5.70. The maximum absolute atomic E-state index is 13.5. The first-order valence-corrected chi connectivity index (χ1v) is 7.27. The summed E-state index contributed by atoms with van der Waals surface area (Å²) in [5.41, 5.74) is 1.25. The molecule has 2 aromatic carbocycles. The number of hydrogen-bond donors (Lipinski definition) is 0. The zero-order valence-electron chi connectivity index (χ0n) is 11.2. The largest absolute Gasteiger partial charge is 0.457 e. The molecule has 0 aromatic heterocycles. The SMILES string of the molecule is CC(=O)c1ccc(COC(=O)c2cc(I)ccc2F)cc1. The van der Waals surface area contributed by atoms with Crippen LogP contribution in [0.15, 0.2) is 42.5 Å². The number of halogens is 2. The topological polar surface area (TPSA) is 43.4 Å². The molecule has 0 saturated carbocycles. The van der Waals surface area contributed by atoms with Crippen molar-refractivity contribution in [1.82, 2.24) is 0 Å². The molecule has 0 bridgehead atoms. The van der Waals surface area contributed by atoms with Crippen molar-refractivity contribution in [2.24, 2.45) is 0 Å². The maximum Gasteiger partial charge on any atom is 0.341 e.